The van der Waals surface area contributed by atoms with Crippen molar-refractivity contribution in [1.82, 2.24) is 19.7 Å². The van der Waals surface area contributed by atoms with Crippen molar-refractivity contribution in [3.8, 4) is 5.75 Å². The van der Waals surface area contributed by atoms with Crippen molar-refractivity contribution in [2.45, 2.75) is 17.2 Å². The highest BCUT2D eigenvalue weighted by atomic mass is 32.2. The molecular formula is C22H21N5O2S. The predicted octanol–water partition coefficient (Wildman–Crippen LogP) is 4.15. The molecule has 0 aliphatic heterocycles. The molecule has 0 aliphatic carbocycles. The van der Waals surface area contributed by atoms with Crippen molar-refractivity contribution in [3.05, 3.63) is 72.2 Å². The third-order valence-corrected chi connectivity index (χ3v) is 5.95. The number of carbonyl (C=O) groups excluding carboxylic acids is 1. The standard InChI is InChI=1S/C22H21N5O2S/c1-14-9-10-18(29-3)17(11-14)26-21(28)19(15-7-5-4-6-8-15)30-22-16-12-25-27(2)20(16)23-13-24-22/h4-13,19H,1-3H3,(H,26,28). The van der Waals surface area contributed by atoms with Gasteiger partial charge in [0, 0.05) is 7.05 Å². The van der Waals surface area contributed by atoms with Crippen LogP contribution in [0.3, 0.4) is 0 Å². The number of nitrogens with zero attached hydrogens (tertiary/aromatic N) is 4. The number of aromatic nitrogens is 4. The largest absolute Gasteiger partial charge is 0.495 e. The fraction of sp³-hybridized carbons (Fsp3) is 0.182. The van der Waals surface area contributed by atoms with Crippen molar-refractivity contribution in [2.24, 2.45) is 7.05 Å². The molecule has 8 heteroatoms. The lowest BCUT2D eigenvalue weighted by molar-refractivity contribution is -0.115. The van der Waals surface area contributed by atoms with E-state index in [1.807, 2.05) is 62.5 Å². The van der Waals surface area contributed by atoms with Crippen LogP contribution >= 0.6 is 11.8 Å². The molecule has 1 N–H and O–H groups in total. The molecule has 1 amide bonds. The molecule has 0 saturated carbocycles. The Morgan fingerprint density at radius 2 is 1.97 bits per heavy atom. The third-order valence-electron chi connectivity index (χ3n) is 4.68. The van der Waals surface area contributed by atoms with Gasteiger partial charge in [0.05, 0.1) is 24.4 Å². The van der Waals surface area contributed by atoms with Crippen LogP contribution in [0, 0.1) is 6.92 Å². The summed E-state index contributed by atoms with van der Waals surface area (Å²) < 4.78 is 7.10. The molecule has 1 unspecified atom stereocenters. The number of nitrogens with one attached hydrogen (secondary N) is 1. The SMILES string of the molecule is COc1ccc(C)cc1NC(=O)C(Sc1ncnc2c1cnn2C)c1ccccc1. The second-order valence-electron chi connectivity index (χ2n) is 6.79. The second-order valence-corrected chi connectivity index (χ2v) is 7.88. The van der Waals surface area contributed by atoms with E-state index in [1.165, 1.54) is 18.1 Å². The van der Waals surface area contributed by atoms with Crippen LogP contribution in [0.1, 0.15) is 16.4 Å². The van der Waals surface area contributed by atoms with E-state index in [1.54, 1.807) is 18.0 Å². The van der Waals surface area contributed by atoms with Gasteiger partial charge < -0.3 is 10.1 Å². The topological polar surface area (TPSA) is 81.9 Å². The zero-order valence-electron chi connectivity index (χ0n) is 16.9. The molecule has 0 spiro atoms. The van der Waals surface area contributed by atoms with Gasteiger partial charge in [-0.1, -0.05) is 48.2 Å². The number of anilines is 1. The zero-order chi connectivity index (χ0) is 21.1. The van der Waals surface area contributed by atoms with E-state index >= 15 is 0 Å². The van der Waals surface area contributed by atoms with Crippen LogP contribution in [0.4, 0.5) is 5.69 Å². The monoisotopic (exact) mass is 419 g/mol. The van der Waals surface area contributed by atoms with E-state index in [2.05, 4.69) is 20.4 Å². The minimum atomic E-state index is -0.519. The van der Waals surface area contributed by atoms with Gasteiger partial charge in [0.15, 0.2) is 5.65 Å². The molecule has 30 heavy (non-hydrogen) atoms. The summed E-state index contributed by atoms with van der Waals surface area (Å²) in [5.74, 6) is 0.452. The lowest BCUT2D eigenvalue weighted by atomic mass is 10.1. The summed E-state index contributed by atoms with van der Waals surface area (Å²) in [6, 6.07) is 15.3. The smallest absolute Gasteiger partial charge is 0.242 e. The molecule has 4 aromatic rings. The number of thioether (sulfide) groups is 1. The summed E-state index contributed by atoms with van der Waals surface area (Å²) >= 11 is 1.37. The second kappa shape index (κ2) is 8.54. The maximum Gasteiger partial charge on any atom is 0.242 e. The van der Waals surface area contributed by atoms with E-state index in [-0.39, 0.29) is 5.91 Å². The van der Waals surface area contributed by atoms with Crippen molar-refractivity contribution >= 4 is 34.4 Å². The fourth-order valence-electron chi connectivity index (χ4n) is 3.16. The summed E-state index contributed by atoms with van der Waals surface area (Å²) in [7, 11) is 3.42. The number of hydrogen-bond acceptors (Lipinski definition) is 6. The van der Waals surface area contributed by atoms with Gasteiger partial charge in [0.25, 0.3) is 0 Å². The molecule has 0 fully saturated rings. The molecular weight excluding hydrogens is 398 g/mol. The maximum atomic E-state index is 13.4. The normalized spacial score (nSPS) is 12.0. The Labute approximate surface area is 178 Å². The quantitative estimate of drug-likeness (QED) is 0.373. The van der Waals surface area contributed by atoms with E-state index in [0.29, 0.717) is 16.5 Å². The van der Waals surface area contributed by atoms with E-state index in [9.17, 15) is 4.79 Å². The van der Waals surface area contributed by atoms with Crippen molar-refractivity contribution in [1.29, 1.82) is 0 Å². The van der Waals surface area contributed by atoms with Gasteiger partial charge in [0.1, 0.15) is 22.4 Å². The number of carbonyl (C=O) groups is 1. The van der Waals surface area contributed by atoms with Gasteiger partial charge in [0.2, 0.25) is 5.91 Å². The van der Waals surface area contributed by atoms with Gasteiger partial charge in [-0.2, -0.15) is 5.10 Å². The van der Waals surface area contributed by atoms with Crippen LogP contribution in [-0.4, -0.2) is 32.8 Å². The summed E-state index contributed by atoms with van der Waals surface area (Å²) in [5.41, 5.74) is 3.27. The Balaban J connectivity index is 1.70. The Bertz CT molecular complexity index is 1190. The first kappa shape index (κ1) is 19.9. The minimum absolute atomic E-state index is 0.161. The number of ether oxygens (including phenoxy) is 1. The van der Waals surface area contributed by atoms with Crippen LogP contribution in [0.15, 0.2) is 66.1 Å². The molecule has 1 atom stereocenters. The predicted molar refractivity (Wildman–Crippen MR) is 118 cm³/mol. The number of methoxy groups -OCH3 is 1. The Morgan fingerprint density at radius 3 is 2.73 bits per heavy atom. The average Bonchev–Trinajstić information content (AvgIpc) is 3.14. The first-order valence-corrected chi connectivity index (χ1v) is 10.2. The van der Waals surface area contributed by atoms with Crippen LogP contribution in [0.5, 0.6) is 5.75 Å². The number of amides is 1. The number of aryl methyl sites for hydroxylation is 2. The van der Waals surface area contributed by atoms with Gasteiger partial charge in [-0.25, -0.2) is 9.97 Å². The Kier molecular flexibility index (Phi) is 5.67. The van der Waals surface area contributed by atoms with Crippen molar-refractivity contribution in [2.75, 3.05) is 12.4 Å². The highest BCUT2D eigenvalue weighted by molar-refractivity contribution is 8.00. The lowest BCUT2D eigenvalue weighted by Crippen LogP contribution is -2.19. The van der Waals surface area contributed by atoms with E-state index < -0.39 is 5.25 Å². The minimum Gasteiger partial charge on any atom is -0.495 e. The van der Waals surface area contributed by atoms with E-state index in [4.69, 9.17) is 4.74 Å². The summed E-state index contributed by atoms with van der Waals surface area (Å²) in [6.45, 7) is 1.97. The number of benzene rings is 2. The fourth-order valence-corrected chi connectivity index (χ4v) is 4.23. The molecule has 2 aromatic heterocycles. The van der Waals surface area contributed by atoms with Crippen LogP contribution < -0.4 is 10.1 Å². The molecule has 0 bridgehead atoms. The average molecular weight is 420 g/mol. The summed E-state index contributed by atoms with van der Waals surface area (Å²) in [4.78, 5) is 22.1. The molecule has 0 saturated heterocycles. The highest BCUT2D eigenvalue weighted by Crippen LogP contribution is 2.38. The Morgan fingerprint density at radius 1 is 1.17 bits per heavy atom. The molecule has 2 aromatic carbocycles. The van der Waals surface area contributed by atoms with Crippen molar-refractivity contribution in [3.63, 3.8) is 0 Å². The van der Waals surface area contributed by atoms with Gasteiger partial charge in [-0.15, -0.1) is 0 Å². The summed E-state index contributed by atoms with van der Waals surface area (Å²) in [5, 5.41) is 8.29. The Hall–Kier alpha value is -3.39. The lowest BCUT2D eigenvalue weighted by Gasteiger charge is -2.18. The first-order valence-electron chi connectivity index (χ1n) is 9.36. The van der Waals surface area contributed by atoms with Gasteiger partial charge in [-0.05, 0) is 30.2 Å². The molecule has 4 rings (SSSR count). The number of rotatable bonds is 6. The van der Waals surface area contributed by atoms with E-state index in [0.717, 1.165) is 22.2 Å². The first-order chi connectivity index (χ1) is 14.6. The van der Waals surface area contributed by atoms with Crippen molar-refractivity contribution < 1.29 is 9.53 Å². The highest BCUT2D eigenvalue weighted by Gasteiger charge is 2.25. The molecule has 2 heterocycles. The van der Waals surface area contributed by atoms with Gasteiger partial charge in [-0.3, -0.25) is 9.48 Å². The number of hydrogen-bond donors (Lipinski definition) is 1. The number of fused-ring (bicyclic) bond motifs is 1. The molecule has 152 valence electrons. The van der Waals surface area contributed by atoms with Crippen LogP contribution in [-0.2, 0) is 11.8 Å². The van der Waals surface area contributed by atoms with Crippen LogP contribution in [0.25, 0.3) is 11.0 Å². The molecule has 0 radical (unpaired) electrons. The molecule has 7 nitrogen and oxygen atoms in total. The zero-order valence-corrected chi connectivity index (χ0v) is 17.7. The maximum absolute atomic E-state index is 13.4. The van der Waals surface area contributed by atoms with Gasteiger partial charge >= 0.3 is 0 Å². The summed E-state index contributed by atoms with van der Waals surface area (Å²) in [6.07, 6.45) is 3.22. The third kappa shape index (κ3) is 3.99. The van der Waals surface area contributed by atoms with Crippen LogP contribution in [0.2, 0.25) is 0 Å². The molecule has 0 aliphatic rings.